The van der Waals surface area contributed by atoms with Crippen LogP contribution in [-0.2, 0) is 9.53 Å². The van der Waals surface area contributed by atoms with Crippen LogP contribution in [0.3, 0.4) is 0 Å². The Morgan fingerprint density at radius 2 is 2.05 bits per heavy atom. The van der Waals surface area contributed by atoms with E-state index in [0.29, 0.717) is 4.47 Å². The number of rotatable bonds is 4. The van der Waals surface area contributed by atoms with Crippen LogP contribution in [0.1, 0.15) is 38.8 Å². The third-order valence-corrected chi connectivity index (χ3v) is 3.11. The predicted octanol–water partition coefficient (Wildman–Crippen LogP) is 3.63. The number of benzene rings is 1. The highest BCUT2D eigenvalue weighted by Gasteiger charge is 2.26. The molecule has 0 spiro atoms. The van der Waals surface area contributed by atoms with Gasteiger partial charge in [0, 0.05) is 10.0 Å². The van der Waals surface area contributed by atoms with Gasteiger partial charge in [-0.05, 0) is 32.9 Å². The Bertz CT molecular complexity index is 522. The zero-order valence-corrected chi connectivity index (χ0v) is 13.5. The number of halogens is 2. The molecule has 0 radical (unpaired) electrons. The lowest BCUT2D eigenvalue weighted by Gasteiger charge is -2.24. The first-order valence-corrected chi connectivity index (χ1v) is 7.04. The SMILES string of the molecule is CC(C)(C)OC(=O)N[C@@H](CC(=O)O)c1c(F)cccc1Br. The van der Waals surface area contributed by atoms with Crippen LogP contribution in [-0.4, -0.2) is 22.8 Å². The molecule has 1 aromatic carbocycles. The lowest BCUT2D eigenvalue weighted by molar-refractivity contribution is -0.137. The first kappa shape index (κ1) is 17.4. The minimum Gasteiger partial charge on any atom is -0.481 e. The zero-order chi connectivity index (χ0) is 16.2. The molecule has 116 valence electrons. The molecule has 1 aromatic rings. The second kappa shape index (κ2) is 6.89. The molecule has 0 fully saturated rings. The van der Waals surface area contributed by atoms with E-state index >= 15 is 0 Å². The largest absolute Gasteiger partial charge is 0.481 e. The molecule has 0 saturated carbocycles. The Balaban J connectivity index is 3.01. The number of carboxylic acids is 1. The summed E-state index contributed by atoms with van der Waals surface area (Å²) < 4.78 is 19.4. The van der Waals surface area contributed by atoms with Crippen LogP contribution in [0.4, 0.5) is 9.18 Å². The Labute approximate surface area is 130 Å². The van der Waals surface area contributed by atoms with Crippen molar-refractivity contribution in [1.29, 1.82) is 0 Å². The van der Waals surface area contributed by atoms with Crippen LogP contribution in [0.2, 0.25) is 0 Å². The summed E-state index contributed by atoms with van der Waals surface area (Å²) in [6.45, 7) is 5.04. The maximum atomic E-state index is 13.9. The maximum Gasteiger partial charge on any atom is 0.408 e. The average molecular weight is 362 g/mol. The molecule has 0 bridgehead atoms. The van der Waals surface area contributed by atoms with E-state index in [1.807, 2.05) is 0 Å². The first-order chi connectivity index (χ1) is 9.60. The number of hydrogen-bond acceptors (Lipinski definition) is 3. The second-order valence-corrected chi connectivity index (χ2v) is 6.29. The predicted molar refractivity (Wildman–Crippen MR) is 78.5 cm³/mol. The van der Waals surface area contributed by atoms with Crippen molar-refractivity contribution in [3.8, 4) is 0 Å². The number of amides is 1. The van der Waals surface area contributed by atoms with Crippen LogP contribution < -0.4 is 5.32 Å². The number of aliphatic carboxylic acids is 1. The lowest BCUT2D eigenvalue weighted by Crippen LogP contribution is -2.36. The molecule has 0 aromatic heterocycles. The van der Waals surface area contributed by atoms with Gasteiger partial charge in [-0.3, -0.25) is 4.79 Å². The van der Waals surface area contributed by atoms with Crippen molar-refractivity contribution < 1.29 is 23.8 Å². The number of carbonyl (C=O) groups is 2. The summed E-state index contributed by atoms with van der Waals surface area (Å²) in [4.78, 5) is 22.7. The maximum absolute atomic E-state index is 13.9. The number of alkyl carbamates (subject to hydrolysis) is 1. The van der Waals surface area contributed by atoms with Gasteiger partial charge < -0.3 is 15.2 Å². The molecule has 0 saturated heterocycles. The fraction of sp³-hybridized carbons (Fsp3) is 0.429. The minimum atomic E-state index is -1.16. The highest BCUT2D eigenvalue weighted by Crippen LogP contribution is 2.28. The lowest BCUT2D eigenvalue weighted by atomic mass is 10.0. The van der Waals surface area contributed by atoms with E-state index in [1.165, 1.54) is 12.1 Å². The summed E-state index contributed by atoms with van der Waals surface area (Å²) in [5.41, 5.74) is -0.657. The quantitative estimate of drug-likeness (QED) is 0.858. The highest BCUT2D eigenvalue weighted by atomic mass is 79.9. The fourth-order valence-corrected chi connectivity index (χ4v) is 2.31. The fourth-order valence-electron chi connectivity index (χ4n) is 1.69. The van der Waals surface area contributed by atoms with E-state index in [2.05, 4.69) is 21.2 Å². The second-order valence-electron chi connectivity index (χ2n) is 5.43. The summed E-state index contributed by atoms with van der Waals surface area (Å²) in [5, 5.41) is 11.3. The smallest absolute Gasteiger partial charge is 0.408 e. The molecule has 5 nitrogen and oxygen atoms in total. The number of ether oxygens (including phenoxy) is 1. The normalized spacial score (nSPS) is 12.6. The molecule has 0 heterocycles. The van der Waals surface area contributed by atoms with Gasteiger partial charge in [-0.2, -0.15) is 0 Å². The molecular formula is C14H17BrFNO4. The molecule has 0 aliphatic heterocycles. The molecule has 0 aliphatic rings. The van der Waals surface area contributed by atoms with Crippen molar-refractivity contribution in [2.75, 3.05) is 0 Å². The van der Waals surface area contributed by atoms with E-state index < -0.39 is 35.9 Å². The van der Waals surface area contributed by atoms with Gasteiger partial charge in [-0.15, -0.1) is 0 Å². The summed E-state index contributed by atoms with van der Waals surface area (Å²) in [7, 11) is 0. The van der Waals surface area contributed by atoms with Gasteiger partial charge in [0.05, 0.1) is 12.5 Å². The number of carbonyl (C=O) groups excluding carboxylic acids is 1. The van der Waals surface area contributed by atoms with Gasteiger partial charge in [-0.25, -0.2) is 9.18 Å². The van der Waals surface area contributed by atoms with E-state index in [1.54, 1.807) is 26.8 Å². The van der Waals surface area contributed by atoms with Crippen molar-refractivity contribution in [2.45, 2.75) is 38.8 Å². The van der Waals surface area contributed by atoms with Crippen molar-refractivity contribution in [1.82, 2.24) is 5.32 Å². The van der Waals surface area contributed by atoms with Gasteiger partial charge in [0.25, 0.3) is 0 Å². The molecule has 2 N–H and O–H groups in total. The molecular weight excluding hydrogens is 345 g/mol. The van der Waals surface area contributed by atoms with Gasteiger partial charge >= 0.3 is 12.1 Å². The van der Waals surface area contributed by atoms with Crippen molar-refractivity contribution in [3.63, 3.8) is 0 Å². The van der Waals surface area contributed by atoms with Gasteiger partial charge in [-0.1, -0.05) is 22.0 Å². The molecule has 0 aliphatic carbocycles. The Hall–Kier alpha value is -1.63. The Morgan fingerprint density at radius 1 is 1.43 bits per heavy atom. The zero-order valence-electron chi connectivity index (χ0n) is 11.9. The average Bonchev–Trinajstić information content (AvgIpc) is 2.24. The summed E-state index contributed by atoms with van der Waals surface area (Å²) in [5.74, 6) is -1.77. The molecule has 1 amide bonds. The van der Waals surface area contributed by atoms with E-state index in [4.69, 9.17) is 9.84 Å². The van der Waals surface area contributed by atoms with Crippen molar-refractivity contribution in [2.24, 2.45) is 0 Å². The van der Waals surface area contributed by atoms with Gasteiger partial charge in [0.15, 0.2) is 0 Å². The Morgan fingerprint density at radius 3 is 2.52 bits per heavy atom. The van der Waals surface area contributed by atoms with Crippen molar-refractivity contribution >= 4 is 28.0 Å². The summed E-state index contributed by atoms with van der Waals surface area (Å²) >= 11 is 3.16. The molecule has 1 rings (SSSR count). The van der Waals surface area contributed by atoms with Crippen LogP contribution in [0.5, 0.6) is 0 Å². The molecule has 21 heavy (non-hydrogen) atoms. The van der Waals surface area contributed by atoms with Crippen molar-refractivity contribution in [3.05, 3.63) is 34.1 Å². The van der Waals surface area contributed by atoms with Crippen LogP contribution in [0, 0.1) is 5.82 Å². The third kappa shape index (κ3) is 5.71. The van der Waals surface area contributed by atoms with Crippen LogP contribution in [0.15, 0.2) is 22.7 Å². The van der Waals surface area contributed by atoms with E-state index in [-0.39, 0.29) is 5.56 Å². The monoisotopic (exact) mass is 361 g/mol. The van der Waals surface area contributed by atoms with Gasteiger partial charge in [0.2, 0.25) is 0 Å². The molecule has 1 atom stereocenters. The number of carboxylic acid groups (broad SMARTS) is 1. The van der Waals surface area contributed by atoms with Crippen LogP contribution >= 0.6 is 15.9 Å². The third-order valence-electron chi connectivity index (χ3n) is 2.42. The number of hydrogen-bond donors (Lipinski definition) is 2. The summed E-state index contributed by atoms with van der Waals surface area (Å²) in [6.07, 6.45) is -1.26. The first-order valence-electron chi connectivity index (χ1n) is 6.25. The van der Waals surface area contributed by atoms with E-state index in [9.17, 15) is 14.0 Å². The Kier molecular flexibility index (Phi) is 5.71. The topological polar surface area (TPSA) is 75.6 Å². The standard InChI is InChI=1S/C14H17BrFNO4/c1-14(2,3)21-13(20)17-10(7-11(18)19)12-8(15)5-4-6-9(12)16/h4-6,10H,7H2,1-3H3,(H,17,20)(H,18,19)/t10-/m0/s1. The molecule has 7 heteroatoms. The summed E-state index contributed by atoms with van der Waals surface area (Å²) in [6, 6.07) is 3.22. The van der Waals surface area contributed by atoms with Crippen LogP contribution in [0.25, 0.3) is 0 Å². The number of nitrogens with one attached hydrogen (secondary N) is 1. The minimum absolute atomic E-state index is 0.0748. The van der Waals surface area contributed by atoms with E-state index in [0.717, 1.165) is 0 Å². The van der Waals surface area contributed by atoms with Gasteiger partial charge in [0.1, 0.15) is 11.4 Å². The molecule has 0 unspecified atom stereocenters. The highest BCUT2D eigenvalue weighted by molar-refractivity contribution is 9.10.